The van der Waals surface area contributed by atoms with Crippen molar-refractivity contribution in [2.45, 2.75) is 20.4 Å². The molecule has 0 unspecified atom stereocenters. The van der Waals surface area contributed by atoms with Crippen LogP contribution in [0.25, 0.3) is 0 Å². The van der Waals surface area contributed by atoms with Crippen LogP contribution in [0.4, 0.5) is 14.5 Å². The Morgan fingerprint density at radius 2 is 1.72 bits per heavy atom. The van der Waals surface area contributed by atoms with Gasteiger partial charge in [0.1, 0.15) is 11.6 Å². The molecule has 0 aliphatic rings. The Bertz CT molecular complexity index is 805. The van der Waals surface area contributed by atoms with Crippen LogP contribution in [-0.4, -0.2) is 23.9 Å². The first-order valence-corrected chi connectivity index (χ1v) is 7.36. The predicted molar refractivity (Wildman–Crippen MR) is 87.1 cm³/mol. The van der Waals surface area contributed by atoms with Gasteiger partial charge in [0.15, 0.2) is 0 Å². The quantitative estimate of drug-likeness (QED) is 0.830. The molecule has 0 fully saturated rings. The number of benzene rings is 1. The lowest BCUT2D eigenvalue weighted by Gasteiger charge is -2.12. The van der Waals surface area contributed by atoms with Crippen LogP contribution in [0.1, 0.15) is 16.8 Å². The first-order valence-electron chi connectivity index (χ1n) is 7.36. The number of amides is 2. The van der Waals surface area contributed by atoms with Crippen LogP contribution in [0.5, 0.6) is 5.88 Å². The number of rotatable bonds is 4. The summed E-state index contributed by atoms with van der Waals surface area (Å²) >= 11 is 0. The maximum atomic E-state index is 13.1. The van der Waals surface area contributed by atoms with Gasteiger partial charge in [-0.3, -0.25) is 9.59 Å². The molecule has 2 rings (SSSR count). The molecular weight excluding hydrogens is 332 g/mol. The number of carbonyl (C=O) groups excluding carboxylic acids is 2. The molecule has 0 saturated carbocycles. The molecule has 6 nitrogen and oxygen atoms in total. The van der Waals surface area contributed by atoms with E-state index in [1.165, 1.54) is 7.11 Å². The zero-order chi connectivity index (χ0) is 18.6. The first-order chi connectivity index (χ1) is 11.8. The van der Waals surface area contributed by atoms with Gasteiger partial charge in [-0.1, -0.05) is 0 Å². The van der Waals surface area contributed by atoms with Crippen molar-refractivity contribution in [2.24, 2.45) is 0 Å². The highest BCUT2D eigenvalue weighted by Crippen LogP contribution is 2.20. The van der Waals surface area contributed by atoms with E-state index in [-0.39, 0.29) is 12.2 Å². The Balaban J connectivity index is 2.04. The van der Waals surface area contributed by atoms with Gasteiger partial charge in [0.05, 0.1) is 7.11 Å². The molecule has 2 aromatic rings. The number of halogens is 2. The van der Waals surface area contributed by atoms with Crippen molar-refractivity contribution >= 4 is 17.5 Å². The van der Waals surface area contributed by atoms with E-state index < -0.39 is 23.4 Å². The fourth-order valence-corrected chi connectivity index (χ4v) is 2.28. The van der Waals surface area contributed by atoms with Crippen LogP contribution >= 0.6 is 0 Å². The summed E-state index contributed by atoms with van der Waals surface area (Å²) in [6.07, 6.45) is 0. The summed E-state index contributed by atoms with van der Waals surface area (Å²) in [5.74, 6) is -3.36. The van der Waals surface area contributed by atoms with Crippen molar-refractivity contribution in [3.8, 4) is 5.88 Å². The first kappa shape index (κ1) is 18.3. The van der Waals surface area contributed by atoms with E-state index in [1.54, 1.807) is 0 Å². The summed E-state index contributed by atoms with van der Waals surface area (Å²) in [6.45, 7) is 3.66. The standard InChI is InChI=1S/C17H17F2N3O3/c1-9-4-10(2)21-17(25-3)14(9)8-20-15(23)16(24)22-13-6-11(18)5-12(19)7-13/h4-7H,8H2,1-3H3,(H,20,23)(H,22,24). The third kappa shape index (κ3) is 4.72. The smallest absolute Gasteiger partial charge is 0.313 e. The minimum atomic E-state index is -1.04. The molecule has 0 bridgehead atoms. The normalized spacial score (nSPS) is 10.3. The van der Waals surface area contributed by atoms with Crippen molar-refractivity contribution in [1.29, 1.82) is 0 Å². The van der Waals surface area contributed by atoms with Gasteiger partial charge >= 0.3 is 11.8 Å². The van der Waals surface area contributed by atoms with Gasteiger partial charge in [-0.2, -0.15) is 0 Å². The Morgan fingerprint density at radius 1 is 1.08 bits per heavy atom. The number of methoxy groups -OCH3 is 1. The lowest BCUT2D eigenvalue weighted by Crippen LogP contribution is -2.35. The van der Waals surface area contributed by atoms with Crippen LogP contribution in [0.2, 0.25) is 0 Å². The zero-order valence-corrected chi connectivity index (χ0v) is 13.9. The fourth-order valence-electron chi connectivity index (χ4n) is 2.28. The van der Waals surface area contributed by atoms with Crippen LogP contribution in [0.3, 0.4) is 0 Å². The molecule has 0 aliphatic carbocycles. The number of nitrogens with one attached hydrogen (secondary N) is 2. The molecule has 25 heavy (non-hydrogen) atoms. The molecule has 0 radical (unpaired) electrons. The number of pyridine rings is 1. The third-order valence-electron chi connectivity index (χ3n) is 3.38. The average molecular weight is 349 g/mol. The average Bonchev–Trinajstić information content (AvgIpc) is 2.51. The number of hydrogen-bond donors (Lipinski definition) is 2. The Kier molecular flexibility index (Phi) is 5.63. The SMILES string of the molecule is COc1nc(C)cc(C)c1CNC(=O)C(=O)Nc1cc(F)cc(F)c1. The minimum Gasteiger partial charge on any atom is -0.481 e. The molecule has 8 heteroatoms. The van der Waals surface area contributed by atoms with Crippen molar-refractivity contribution < 1.29 is 23.1 Å². The number of anilines is 1. The van der Waals surface area contributed by atoms with Gasteiger partial charge < -0.3 is 15.4 Å². The molecule has 0 spiro atoms. The van der Waals surface area contributed by atoms with Gasteiger partial charge in [0, 0.05) is 29.6 Å². The number of carbonyl (C=O) groups is 2. The molecule has 132 valence electrons. The number of nitrogens with zero attached hydrogens (tertiary/aromatic N) is 1. The van der Waals surface area contributed by atoms with Gasteiger partial charge in [0.2, 0.25) is 5.88 Å². The van der Waals surface area contributed by atoms with Crippen molar-refractivity contribution in [1.82, 2.24) is 10.3 Å². The molecule has 0 saturated heterocycles. The van der Waals surface area contributed by atoms with Gasteiger partial charge in [0.25, 0.3) is 0 Å². The summed E-state index contributed by atoms with van der Waals surface area (Å²) in [6, 6.07) is 4.30. The lowest BCUT2D eigenvalue weighted by atomic mass is 10.1. The molecule has 2 amide bonds. The summed E-state index contributed by atoms with van der Waals surface area (Å²) < 4.78 is 31.4. The van der Waals surface area contributed by atoms with E-state index in [9.17, 15) is 18.4 Å². The predicted octanol–water partition coefficient (Wildman–Crippen LogP) is 2.24. The van der Waals surface area contributed by atoms with Gasteiger partial charge in [-0.05, 0) is 37.6 Å². The molecular formula is C17H17F2N3O3. The monoisotopic (exact) mass is 349 g/mol. The lowest BCUT2D eigenvalue weighted by molar-refractivity contribution is -0.136. The van der Waals surface area contributed by atoms with Crippen LogP contribution in [-0.2, 0) is 16.1 Å². The summed E-state index contributed by atoms with van der Waals surface area (Å²) in [4.78, 5) is 27.9. The van der Waals surface area contributed by atoms with E-state index in [2.05, 4.69) is 15.6 Å². The number of aromatic nitrogens is 1. The molecule has 1 heterocycles. The van der Waals surface area contributed by atoms with Crippen molar-refractivity contribution in [3.05, 3.63) is 52.7 Å². The highest BCUT2D eigenvalue weighted by Gasteiger charge is 2.17. The number of ether oxygens (including phenoxy) is 1. The highest BCUT2D eigenvalue weighted by atomic mass is 19.1. The van der Waals surface area contributed by atoms with Crippen LogP contribution in [0.15, 0.2) is 24.3 Å². The Morgan fingerprint density at radius 3 is 2.32 bits per heavy atom. The van der Waals surface area contributed by atoms with Crippen LogP contribution < -0.4 is 15.4 Å². The summed E-state index contributed by atoms with van der Waals surface area (Å²) in [7, 11) is 1.46. The fraction of sp³-hybridized carbons (Fsp3) is 0.235. The Labute approximate surface area is 143 Å². The summed E-state index contributed by atoms with van der Waals surface area (Å²) in [5, 5.41) is 4.56. The second-order valence-electron chi connectivity index (χ2n) is 5.36. The topological polar surface area (TPSA) is 80.3 Å². The van der Waals surface area contributed by atoms with E-state index in [4.69, 9.17) is 4.74 Å². The van der Waals surface area contributed by atoms with E-state index in [0.717, 1.165) is 23.4 Å². The second kappa shape index (κ2) is 7.69. The number of aryl methyl sites for hydroxylation is 2. The largest absolute Gasteiger partial charge is 0.481 e. The van der Waals surface area contributed by atoms with E-state index in [0.29, 0.717) is 17.5 Å². The second-order valence-corrected chi connectivity index (χ2v) is 5.36. The zero-order valence-electron chi connectivity index (χ0n) is 13.9. The van der Waals surface area contributed by atoms with Crippen molar-refractivity contribution in [3.63, 3.8) is 0 Å². The molecule has 1 aromatic heterocycles. The molecule has 1 aromatic carbocycles. The minimum absolute atomic E-state index is 0.0199. The van der Waals surface area contributed by atoms with E-state index >= 15 is 0 Å². The molecule has 0 atom stereocenters. The van der Waals surface area contributed by atoms with Crippen molar-refractivity contribution in [2.75, 3.05) is 12.4 Å². The number of hydrogen-bond acceptors (Lipinski definition) is 4. The maximum absolute atomic E-state index is 13.1. The van der Waals surface area contributed by atoms with Crippen LogP contribution in [0, 0.1) is 25.5 Å². The third-order valence-corrected chi connectivity index (χ3v) is 3.38. The van der Waals surface area contributed by atoms with Gasteiger partial charge in [-0.25, -0.2) is 13.8 Å². The highest BCUT2D eigenvalue weighted by molar-refractivity contribution is 6.39. The molecule has 0 aliphatic heterocycles. The Hall–Kier alpha value is -3.03. The maximum Gasteiger partial charge on any atom is 0.313 e. The molecule has 2 N–H and O–H groups in total. The summed E-state index contributed by atoms with van der Waals surface area (Å²) in [5.41, 5.74) is 2.09. The van der Waals surface area contributed by atoms with Gasteiger partial charge in [-0.15, -0.1) is 0 Å². The van der Waals surface area contributed by atoms with E-state index in [1.807, 2.05) is 19.9 Å².